The molecule has 24 heavy (non-hydrogen) atoms. The van der Waals surface area contributed by atoms with Crippen LogP contribution in [0.25, 0.3) is 0 Å². The fourth-order valence-electron chi connectivity index (χ4n) is 2.00. The van der Waals surface area contributed by atoms with E-state index in [0.717, 1.165) is 5.01 Å². The standard InChI is InChI=1S/C16H17ClN2O4S/c1-8-14(24-10(3)18-8)16(21)23-9(2)15(20)19-12-7-11(17)5-6-13(12)22-4/h5-7,9H,1-4H3,(H,19,20)/t9-/m1/s1. The molecule has 2 rings (SSSR count). The summed E-state index contributed by atoms with van der Waals surface area (Å²) in [6, 6.07) is 4.84. The zero-order valence-corrected chi connectivity index (χ0v) is 15.2. The third kappa shape index (κ3) is 4.24. The van der Waals surface area contributed by atoms with Gasteiger partial charge >= 0.3 is 5.97 Å². The molecule has 0 saturated heterocycles. The second kappa shape index (κ2) is 7.63. The fraction of sp³-hybridized carbons (Fsp3) is 0.312. The number of amides is 1. The van der Waals surface area contributed by atoms with Gasteiger partial charge in [-0.15, -0.1) is 11.3 Å². The summed E-state index contributed by atoms with van der Waals surface area (Å²) in [4.78, 5) is 29.0. The number of thiazole rings is 1. The van der Waals surface area contributed by atoms with Gasteiger partial charge in [-0.25, -0.2) is 9.78 Å². The van der Waals surface area contributed by atoms with Crippen LogP contribution in [0.5, 0.6) is 5.75 Å². The molecule has 8 heteroatoms. The lowest BCUT2D eigenvalue weighted by Crippen LogP contribution is -2.30. The van der Waals surface area contributed by atoms with Crippen LogP contribution in [0.15, 0.2) is 18.2 Å². The molecule has 0 bridgehead atoms. The van der Waals surface area contributed by atoms with E-state index in [1.807, 2.05) is 0 Å². The lowest BCUT2D eigenvalue weighted by atomic mass is 10.2. The largest absolute Gasteiger partial charge is 0.495 e. The van der Waals surface area contributed by atoms with Crippen LogP contribution >= 0.6 is 22.9 Å². The molecule has 2 aromatic rings. The minimum absolute atomic E-state index is 0.396. The third-order valence-corrected chi connectivity index (χ3v) is 4.45. The molecule has 1 N–H and O–H groups in total. The van der Waals surface area contributed by atoms with E-state index in [1.165, 1.54) is 25.4 Å². The first-order valence-electron chi connectivity index (χ1n) is 7.11. The number of aryl methyl sites for hydroxylation is 2. The molecule has 6 nitrogen and oxygen atoms in total. The van der Waals surface area contributed by atoms with Crippen molar-refractivity contribution in [2.75, 3.05) is 12.4 Å². The number of hydrogen-bond donors (Lipinski definition) is 1. The van der Waals surface area contributed by atoms with Gasteiger partial charge in [0.15, 0.2) is 6.10 Å². The molecule has 1 heterocycles. The molecule has 0 aliphatic rings. The Morgan fingerprint density at radius 2 is 2.04 bits per heavy atom. The van der Waals surface area contributed by atoms with Crippen molar-refractivity contribution < 1.29 is 19.1 Å². The smallest absolute Gasteiger partial charge is 0.351 e. The third-order valence-electron chi connectivity index (χ3n) is 3.16. The van der Waals surface area contributed by atoms with Crippen molar-refractivity contribution in [3.05, 3.63) is 38.8 Å². The van der Waals surface area contributed by atoms with Crippen molar-refractivity contribution in [1.82, 2.24) is 4.98 Å². The van der Waals surface area contributed by atoms with Crippen molar-refractivity contribution in [3.63, 3.8) is 0 Å². The van der Waals surface area contributed by atoms with Crippen molar-refractivity contribution in [3.8, 4) is 5.75 Å². The van der Waals surface area contributed by atoms with Crippen LogP contribution in [0.2, 0.25) is 5.02 Å². The quantitative estimate of drug-likeness (QED) is 0.816. The minimum atomic E-state index is -0.983. The van der Waals surface area contributed by atoms with E-state index in [2.05, 4.69) is 10.3 Å². The molecule has 0 unspecified atom stereocenters. The molecule has 0 spiro atoms. The van der Waals surface area contributed by atoms with Crippen LogP contribution in [0.3, 0.4) is 0 Å². The first-order valence-corrected chi connectivity index (χ1v) is 8.30. The molecule has 0 aliphatic heterocycles. The normalized spacial score (nSPS) is 11.7. The SMILES string of the molecule is COc1ccc(Cl)cc1NC(=O)[C@@H](C)OC(=O)c1sc(C)nc1C. The van der Waals surface area contributed by atoms with Crippen molar-refractivity contribution >= 4 is 40.5 Å². The van der Waals surface area contributed by atoms with Gasteiger partial charge in [0.25, 0.3) is 5.91 Å². The second-order valence-electron chi connectivity index (χ2n) is 5.03. The Labute approximate surface area is 148 Å². The Hall–Kier alpha value is -2.12. The van der Waals surface area contributed by atoms with Gasteiger partial charge in [0.05, 0.1) is 23.5 Å². The number of ether oxygens (including phenoxy) is 2. The average molecular weight is 369 g/mol. The Morgan fingerprint density at radius 1 is 1.33 bits per heavy atom. The number of aromatic nitrogens is 1. The van der Waals surface area contributed by atoms with E-state index < -0.39 is 18.0 Å². The van der Waals surface area contributed by atoms with Crippen LogP contribution in [0.4, 0.5) is 5.69 Å². The lowest BCUT2D eigenvalue weighted by Gasteiger charge is -2.15. The first kappa shape index (κ1) is 18.2. The number of nitrogens with one attached hydrogen (secondary N) is 1. The number of esters is 1. The summed E-state index contributed by atoms with van der Waals surface area (Å²) in [5, 5.41) is 3.86. The van der Waals surface area contributed by atoms with E-state index in [9.17, 15) is 9.59 Å². The Balaban J connectivity index is 2.06. The Kier molecular flexibility index (Phi) is 5.80. The molecule has 0 aliphatic carbocycles. The van der Waals surface area contributed by atoms with Gasteiger partial charge in [0.2, 0.25) is 0 Å². The molecule has 0 radical (unpaired) electrons. The number of carbonyl (C=O) groups excluding carboxylic acids is 2. The van der Waals surface area contributed by atoms with Crippen LogP contribution in [-0.4, -0.2) is 30.1 Å². The second-order valence-corrected chi connectivity index (χ2v) is 6.67. The van der Waals surface area contributed by atoms with Crippen LogP contribution in [0, 0.1) is 13.8 Å². The van der Waals surface area contributed by atoms with Crippen molar-refractivity contribution in [1.29, 1.82) is 0 Å². The summed E-state index contributed by atoms with van der Waals surface area (Å²) < 4.78 is 10.4. The Bertz CT molecular complexity index is 775. The van der Waals surface area contributed by atoms with Crippen LogP contribution in [0.1, 0.15) is 27.3 Å². The van der Waals surface area contributed by atoms with Gasteiger partial charge in [0, 0.05) is 5.02 Å². The lowest BCUT2D eigenvalue weighted by molar-refractivity contribution is -0.123. The average Bonchev–Trinajstić information content (AvgIpc) is 2.86. The van der Waals surface area contributed by atoms with E-state index in [4.69, 9.17) is 21.1 Å². The van der Waals surface area contributed by atoms with E-state index in [0.29, 0.717) is 27.0 Å². The van der Waals surface area contributed by atoms with Crippen LogP contribution in [-0.2, 0) is 9.53 Å². The van der Waals surface area contributed by atoms with Gasteiger partial charge in [0.1, 0.15) is 10.6 Å². The summed E-state index contributed by atoms with van der Waals surface area (Å²) in [5.41, 5.74) is 0.995. The maximum Gasteiger partial charge on any atom is 0.351 e. The van der Waals surface area contributed by atoms with Gasteiger partial charge in [-0.3, -0.25) is 4.79 Å². The molecule has 128 valence electrons. The van der Waals surface area contributed by atoms with Gasteiger partial charge in [-0.2, -0.15) is 0 Å². The van der Waals surface area contributed by atoms with Gasteiger partial charge < -0.3 is 14.8 Å². The monoisotopic (exact) mass is 368 g/mol. The molecule has 1 aromatic carbocycles. The predicted molar refractivity (Wildman–Crippen MR) is 93.1 cm³/mol. The molecule has 0 fully saturated rings. The number of halogens is 1. The van der Waals surface area contributed by atoms with E-state index in [1.54, 1.807) is 32.0 Å². The fourth-order valence-corrected chi connectivity index (χ4v) is 2.98. The number of hydrogen-bond acceptors (Lipinski definition) is 6. The number of rotatable bonds is 5. The molecule has 1 atom stereocenters. The summed E-state index contributed by atoms with van der Waals surface area (Å²) in [6.07, 6.45) is -0.983. The highest BCUT2D eigenvalue weighted by molar-refractivity contribution is 7.13. The molecule has 1 aromatic heterocycles. The number of nitrogens with zero attached hydrogens (tertiary/aromatic N) is 1. The first-order chi connectivity index (χ1) is 11.3. The topological polar surface area (TPSA) is 77.5 Å². The zero-order chi connectivity index (χ0) is 17.9. The summed E-state index contributed by atoms with van der Waals surface area (Å²) in [7, 11) is 1.48. The molecular formula is C16H17ClN2O4S. The zero-order valence-electron chi connectivity index (χ0n) is 13.7. The number of carbonyl (C=O) groups is 2. The summed E-state index contributed by atoms with van der Waals surface area (Å²) in [5.74, 6) is -0.596. The highest BCUT2D eigenvalue weighted by Crippen LogP contribution is 2.28. The Morgan fingerprint density at radius 3 is 2.62 bits per heavy atom. The molecule has 0 saturated carbocycles. The van der Waals surface area contributed by atoms with E-state index >= 15 is 0 Å². The maximum absolute atomic E-state index is 12.2. The van der Waals surface area contributed by atoms with Gasteiger partial charge in [-0.1, -0.05) is 11.6 Å². The highest BCUT2D eigenvalue weighted by Gasteiger charge is 2.23. The number of benzene rings is 1. The predicted octanol–water partition coefficient (Wildman–Crippen LogP) is 3.61. The minimum Gasteiger partial charge on any atom is -0.495 e. The molecular weight excluding hydrogens is 352 g/mol. The van der Waals surface area contributed by atoms with Crippen molar-refractivity contribution in [2.45, 2.75) is 26.9 Å². The summed E-state index contributed by atoms with van der Waals surface area (Å²) in [6.45, 7) is 5.02. The molecule has 1 amide bonds. The van der Waals surface area contributed by atoms with Crippen molar-refractivity contribution in [2.24, 2.45) is 0 Å². The highest BCUT2D eigenvalue weighted by atomic mass is 35.5. The maximum atomic E-state index is 12.2. The van der Waals surface area contributed by atoms with Crippen LogP contribution < -0.4 is 10.1 Å². The van der Waals surface area contributed by atoms with Gasteiger partial charge in [-0.05, 0) is 39.0 Å². The number of methoxy groups -OCH3 is 1. The summed E-state index contributed by atoms with van der Waals surface area (Å²) >= 11 is 7.16. The number of anilines is 1. The van der Waals surface area contributed by atoms with E-state index in [-0.39, 0.29) is 0 Å².